The summed E-state index contributed by atoms with van der Waals surface area (Å²) < 4.78 is 3.98. The second-order valence-electron chi connectivity index (χ2n) is 5.08. The van der Waals surface area contributed by atoms with Crippen LogP contribution >= 0.6 is 0 Å². The van der Waals surface area contributed by atoms with Crippen LogP contribution in [0.25, 0.3) is 5.95 Å². The van der Waals surface area contributed by atoms with Gasteiger partial charge in [0.15, 0.2) is 0 Å². The van der Waals surface area contributed by atoms with Crippen LogP contribution in [0.3, 0.4) is 0 Å². The molecule has 0 radical (unpaired) electrons. The molecule has 0 N–H and O–H groups in total. The Balaban J connectivity index is 1.76. The van der Waals surface area contributed by atoms with E-state index in [1.54, 1.807) is 6.20 Å². The lowest BCUT2D eigenvalue weighted by molar-refractivity contribution is 0.551. The van der Waals surface area contributed by atoms with Crippen molar-refractivity contribution in [3.05, 3.63) is 59.9 Å². The van der Waals surface area contributed by atoms with Gasteiger partial charge in [0.05, 0.1) is 6.04 Å². The van der Waals surface area contributed by atoms with Crippen molar-refractivity contribution in [2.24, 2.45) is 0 Å². The number of aromatic nitrogens is 5. The van der Waals surface area contributed by atoms with Gasteiger partial charge >= 0.3 is 0 Å². The van der Waals surface area contributed by atoms with Crippen molar-refractivity contribution in [1.82, 2.24) is 24.3 Å². The van der Waals surface area contributed by atoms with Crippen LogP contribution in [0.4, 0.5) is 0 Å². The minimum Gasteiger partial charge on any atom is -0.271 e. The summed E-state index contributed by atoms with van der Waals surface area (Å²) in [5.74, 6) is 2.68. The van der Waals surface area contributed by atoms with Crippen LogP contribution in [0.5, 0.6) is 0 Å². The molecule has 2 aromatic heterocycles. The normalized spacial score (nSPS) is 17.4. The highest BCUT2D eigenvalue weighted by atomic mass is 15.4. The van der Waals surface area contributed by atoms with Crippen molar-refractivity contribution in [3.8, 4) is 5.95 Å². The molecule has 100 valence electrons. The van der Waals surface area contributed by atoms with Crippen LogP contribution in [-0.2, 0) is 6.42 Å². The lowest BCUT2D eigenvalue weighted by Gasteiger charge is -2.11. The van der Waals surface area contributed by atoms with Crippen molar-refractivity contribution >= 4 is 0 Å². The van der Waals surface area contributed by atoms with E-state index in [0.717, 1.165) is 30.4 Å². The van der Waals surface area contributed by atoms with Gasteiger partial charge in [-0.1, -0.05) is 30.3 Å². The first-order chi connectivity index (χ1) is 9.83. The van der Waals surface area contributed by atoms with Crippen molar-refractivity contribution in [2.45, 2.75) is 25.8 Å². The average Bonchev–Trinajstić information content (AvgIpc) is 3.13. The third-order valence-electron chi connectivity index (χ3n) is 3.85. The Morgan fingerprint density at radius 2 is 2.05 bits per heavy atom. The summed E-state index contributed by atoms with van der Waals surface area (Å²) in [4.78, 5) is 8.87. The first kappa shape index (κ1) is 11.4. The molecule has 0 amide bonds. The number of hydrogen-bond acceptors (Lipinski definition) is 3. The van der Waals surface area contributed by atoms with Gasteiger partial charge in [0.1, 0.15) is 11.6 Å². The maximum absolute atomic E-state index is 4.68. The maximum atomic E-state index is 4.68. The summed E-state index contributed by atoms with van der Waals surface area (Å²) in [6.07, 6.45) is 5.72. The van der Waals surface area contributed by atoms with Crippen LogP contribution in [0, 0.1) is 6.92 Å². The van der Waals surface area contributed by atoms with E-state index in [1.807, 2.05) is 23.8 Å². The van der Waals surface area contributed by atoms with Crippen molar-refractivity contribution in [3.63, 3.8) is 0 Å². The lowest BCUT2D eigenvalue weighted by Crippen LogP contribution is -2.08. The van der Waals surface area contributed by atoms with Crippen molar-refractivity contribution < 1.29 is 0 Å². The largest absolute Gasteiger partial charge is 0.271 e. The lowest BCUT2D eigenvalue weighted by atomic mass is 10.1. The summed E-state index contributed by atoms with van der Waals surface area (Å²) >= 11 is 0. The van der Waals surface area contributed by atoms with Gasteiger partial charge in [-0.25, -0.2) is 9.67 Å². The fourth-order valence-corrected chi connectivity index (χ4v) is 2.83. The number of benzene rings is 1. The minimum atomic E-state index is 0.302. The van der Waals surface area contributed by atoms with Gasteiger partial charge < -0.3 is 0 Å². The van der Waals surface area contributed by atoms with Crippen LogP contribution in [-0.4, -0.2) is 24.3 Å². The molecule has 5 heteroatoms. The molecule has 1 atom stereocenters. The zero-order valence-corrected chi connectivity index (χ0v) is 11.3. The van der Waals surface area contributed by atoms with Crippen molar-refractivity contribution in [2.75, 3.05) is 0 Å². The molecule has 3 aromatic rings. The topological polar surface area (TPSA) is 48.5 Å². The van der Waals surface area contributed by atoms with Gasteiger partial charge in [0.2, 0.25) is 0 Å². The Labute approximate surface area is 116 Å². The Kier molecular flexibility index (Phi) is 2.45. The summed E-state index contributed by atoms with van der Waals surface area (Å²) in [5.41, 5.74) is 1.30. The molecule has 20 heavy (non-hydrogen) atoms. The Morgan fingerprint density at radius 3 is 2.80 bits per heavy atom. The highest BCUT2D eigenvalue weighted by Gasteiger charge is 2.27. The Morgan fingerprint density at radius 1 is 1.20 bits per heavy atom. The molecule has 4 rings (SSSR count). The van der Waals surface area contributed by atoms with E-state index < -0.39 is 0 Å². The summed E-state index contributed by atoms with van der Waals surface area (Å²) in [5, 5.41) is 4.68. The predicted molar refractivity (Wildman–Crippen MR) is 74.8 cm³/mol. The molecule has 1 unspecified atom stereocenters. The molecule has 1 aromatic carbocycles. The zero-order valence-electron chi connectivity index (χ0n) is 11.3. The SMILES string of the molecule is Cc1nccn1-c1nc2n(n1)C(c1ccccc1)CC2. The average molecular weight is 265 g/mol. The number of imidazole rings is 1. The zero-order chi connectivity index (χ0) is 13.5. The minimum absolute atomic E-state index is 0.302. The monoisotopic (exact) mass is 265 g/mol. The van der Waals surface area contributed by atoms with E-state index in [4.69, 9.17) is 0 Å². The predicted octanol–water partition coefficient (Wildman–Crippen LogP) is 2.31. The third kappa shape index (κ3) is 1.66. The quantitative estimate of drug-likeness (QED) is 0.714. The van der Waals surface area contributed by atoms with Crippen LogP contribution in [0.1, 0.15) is 29.7 Å². The third-order valence-corrected chi connectivity index (χ3v) is 3.85. The summed E-state index contributed by atoms with van der Waals surface area (Å²) in [6.45, 7) is 1.96. The molecule has 0 saturated carbocycles. The standard InChI is InChI=1S/C15H15N5/c1-11-16-9-10-19(11)15-17-14-8-7-13(20(14)18-15)12-5-3-2-4-6-12/h2-6,9-10,13H,7-8H2,1H3. The summed E-state index contributed by atoms with van der Waals surface area (Å²) in [6, 6.07) is 10.8. The molecule has 1 aliphatic heterocycles. The number of aryl methyl sites for hydroxylation is 2. The molecule has 0 spiro atoms. The second-order valence-corrected chi connectivity index (χ2v) is 5.08. The van der Waals surface area contributed by atoms with E-state index >= 15 is 0 Å². The number of nitrogens with zero attached hydrogens (tertiary/aromatic N) is 5. The molecule has 5 nitrogen and oxygen atoms in total. The second kappa shape index (κ2) is 4.30. The fraction of sp³-hybridized carbons (Fsp3) is 0.267. The maximum Gasteiger partial charge on any atom is 0.254 e. The molecular weight excluding hydrogens is 250 g/mol. The molecular formula is C15H15N5. The van der Waals surface area contributed by atoms with Crippen LogP contribution in [0.15, 0.2) is 42.7 Å². The van der Waals surface area contributed by atoms with E-state index in [-0.39, 0.29) is 0 Å². The van der Waals surface area contributed by atoms with Gasteiger partial charge in [-0.15, -0.1) is 5.10 Å². The molecule has 0 fully saturated rings. The molecule has 0 aliphatic carbocycles. The molecule has 0 bridgehead atoms. The van der Waals surface area contributed by atoms with E-state index in [1.165, 1.54) is 5.56 Å². The number of hydrogen-bond donors (Lipinski definition) is 0. The first-order valence-electron chi connectivity index (χ1n) is 6.83. The highest BCUT2D eigenvalue weighted by molar-refractivity contribution is 5.24. The number of fused-ring (bicyclic) bond motifs is 1. The summed E-state index contributed by atoms with van der Waals surface area (Å²) in [7, 11) is 0. The molecule has 0 saturated heterocycles. The first-order valence-corrected chi connectivity index (χ1v) is 6.83. The van der Waals surface area contributed by atoms with Gasteiger partial charge in [0.25, 0.3) is 5.95 Å². The molecule has 1 aliphatic rings. The van der Waals surface area contributed by atoms with Crippen LogP contribution in [0.2, 0.25) is 0 Å². The van der Waals surface area contributed by atoms with Gasteiger partial charge in [-0.2, -0.15) is 4.98 Å². The van der Waals surface area contributed by atoms with E-state index in [2.05, 4.69) is 44.0 Å². The Hall–Kier alpha value is -2.43. The van der Waals surface area contributed by atoms with Gasteiger partial charge in [-0.05, 0) is 18.9 Å². The molecule has 3 heterocycles. The van der Waals surface area contributed by atoms with Crippen molar-refractivity contribution in [1.29, 1.82) is 0 Å². The van der Waals surface area contributed by atoms with Crippen LogP contribution < -0.4 is 0 Å². The number of rotatable bonds is 2. The Bertz CT molecular complexity index is 741. The van der Waals surface area contributed by atoms with E-state index in [0.29, 0.717) is 6.04 Å². The van der Waals surface area contributed by atoms with E-state index in [9.17, 15) is 0 Å². The smallest absolute Gasteiger partial charge is 0.254 e. The van der Waals surface area contributed by atoms with Gasteiger partial charge in [-0.3, -0.25) is 4.57 Å². The van der Waals surface area contributed by atoms with Gasteiger partial charge in [0, 0.05) is 18.8 Å². The fourth-order valence-electron chi connectivity index (χ4n) is 2.83. The highest BCUT2D eigenvalue weighted by Crippen LogP contribution is 2.30.